The lowest BCUT2D eigenvalue weighted by Gasteiger charge is -2.23. The van der Waals surface area contributed by atoms with Gasteiger partial charge in [0.05, 0.1) is 5.39 Å². The lowest BCUT2D eigenvalue weighted by Crippen LogP contribution is -2.35. The number of nitrogen functional groups attached to an aromatic ring is 1. The second-order valence-corrected chi connectivity index (χ2v) is 9.78. The van der Waals surface area contributed by atoms with Crippen LogP contribution >= 0.6 is 0 Å². The fraction of sp³-hybridized carbons (Fsp3) is 0.241. The third-order valence-corrected chi connectivity index (χ3v) is 7.75. The van der Waals surface area contributed by atoms with E-state index in [2.05, 4.69) is 32.6 Å². The smallest absolute Gasteiger partial charge is 0.255 e. The molecule has 0 spiro atoms. The first kappa shape index (κ1) is 23.0. The number of fused-ring (bicyclic) bond motifs is 2. The average Bonchev–Trinajstić information content (AvgIpc) is 3.62. The highest BCUT2D eigenvalue weighted by molar-refractivity contribution is 6.05. The molecule has 1 saturated carbocycles. The Morgan fingerprint density at radius 3 is 2.59 bits per heavy atom. The number of carbonyl (C=O) groups is 2. The summed E-state index contributed by atoms with van der Waals surface area (Å²) in [6.45, 7) is 4.47. The van der Waals surface area contributed by atoms with Crippen molar-refractivity contribution in [2.24, 2.45) is 5.92 Å². The Labute approximate surface area is 214 Å². The van der Waals surface area contributed by atoms with Crippen molar-refractivity contribution in [3.8, 4) is 11.1 Å². The zero-order valence-electron chi connectivity index (χ0n) is 20.4. The molecule has 8 nitrogen and oxygen atoms in total. The van der Waals surface area contributed by atoms with Gasteiger partial charge in [0, 0.05) is 41.6 Å². The van der Waals surface area contributed by atoms with E-state index in [0.717, 1.165) is 53.7 Å². The zero-order valence-corrected chi connectivity index (χ0v) is 20.4. The summed E-state index contributed by atoms with van der Waals surface area (Å²) in [6.07, 6.45) is 7.87. The molecule has 37 heavy (non-hydrogen) atoms. The van der Waals surface area contributed by atoms with E-state index >= 15 is 0 Å². The molecule has 3 heterocycles. The molecule has 186 valence electrons. The number of carbonyl (C=O) groups excluding carboxylic acids is 2. The minimum absolute atomic E-state index is 0.00848. The standard InChI is InChI=1S/C29H28N6O2/c1-2-25(36)34-13-12-20-14-22(15-24(20)34)35-16-23(26-27(30)31-17-32-28(26)35)18-8-10-19(11-9-18)29(37)33-21-6-4-3-5-7-21/h2-11,16-17,20,22,24H,1,12-15H2,(H,33,37)(H2,30,31,32). The number of aromatic nitrogens is 3. The van der Waals surface area contributed by atoms with Crippen LogP contribution in [0.5, 0.6) is 0 Å². The topological polar surface area (TPSA) is 106 Å². The van der Waals surface area contributed by atoms with Gasteiger partial charge in [0.25, 0.3) is 5.91 Å². The molecular weight excluding hydrogens is 464 g/mol. The summed E-state index contributed by atoms with van der Waals surface area (Å²) in [5, 5.41) is 3.72. The Balaban J connectivity index is 1.31. The van der Waals surface area contributed by atoms with Crippen LogP contribution in [0, 0.1) is 5.92 Å². The molecule has 3 unspecified atom stereocenters. The number of anilines is 2. The zero-order chi connectivity index (χ0) is 25.5. The van der Waals surface area contributed by atoms with Crippen LogP contribution in [-0.4, -0.2) is 43.8 Å². The van der Waals surface area contributed by atoms with Crippen LogP contribution in [0.3, 0.4) is 0 Å². The van der Waals surface area contributed by atoms with E-state index in [1.165, 1.54) is 12.4 Å². The largest absolute Gasteiger partial charge is 0.383 e. The number of nitrogens with one attached hydrogen (secondary N) is 1. The van der Waals surface area contributed by atoms with Crippen LogP contribution in [0.4, 0.5) is 11.5 Å². The minimum atomic E-state index is -0.167. The van der Waals surface area contributed by atoms with Crippen LogP contribution in [0.1, 0.15) is 35.7 Å². The van der Waals surface area contributed by atoms with Crippen LogP contribution in [0.15, 0.2) is 79.8 Å². The second kappa shape index (κ2) is 9.20. The highest BCUT2D eigenvalue weighted by Crippen LogP contribution is 2.46. The fourth-order valence-electron chi connectivity index (χ4n) is 5.99. The van der Waals surface area contributed by atoms with Crippen molar-refractivity contribution in [1.82, 2.24) is 19.4 Å². The third-order valence-electron chi connectivity index (χ3n) is 7.75. The molecule has 6 rings (SSSR count). The molecule has 2 aliphatic rings. The van der Waals surface area contributed by atoms with Crippen molar-refractivity contribution in [2.45, 2.75) is 31.3 Å². The Morgan fingerprint density at radius 2 is 1.84 bits per heavy atom. The third kappa shape index (κ3) is 4.04. The number of hydrogen-bond acceptors (Lipinski definition) is 5. The van der Waals surface area contributed by atoms with Gasteiger partial charge in [0.1, 0.15) is 17.8 Å². The molecule has 2 aromatic carbocycles. The molecule has 4 aromatic rings. The normalized spacial score (nSPS) is 20.6. The van der Waals surface area contributed by atoms with Crippen molar-refractivity contribution in [1.29, 1.82) is 0 Å². The van der Waals surface area contributed by atoms with Gasteiger partial charge in [-0.15, -0.1) is 0 Å². The minimum Gasteiger partial charge on any atom is -0.383 e. The number of likely N-dealkylation sites (tertiary alicyclic amines) is 1. The molecule has 3 N–H and O–H groups in total. The van der Waals surface area contributed by atoms with Gasteiger partial charge < -0.3 is 20.5 Å². The lowest BCUT2D eigenvalue weighted by atomic mass is 10.0. The molecule has 2 aromatic heterocycles. The van der Waals surface area contributed by atoms with Gasteiger partial charge in [-0.25, -0.2) is 9.97 Å². The Bertz CT molecular complexity index is 1490. The molecule has 2 fully saturated rings. The monoisotopic (exact) mass is 492 g/mol. The Kier molecular flexibility index (Phi) is 5.71. The molecule has 0 radical (unpaired) electrons. The molecule has 0 bridgehead atoms. The van der Waals surface area contributed by atoms with Gasteiger partial charge in [-0.3, -0.25) is 9.59 Å². The van der Waals surface area contributed by atoms with Crippen molar-refractivity contribution < 1.29 is 9.59 Å². The quantitative estimate of drug-likeness (QED) is 0.394. The van der Waals surface area contributed by atoms with Gasteiger partial charge in [-0.05, 0) is 61.1 Å². The van der Waals surface area contributed by atoms with Crippen molar-refractivity contribution in [2.75, 3.05) is 17.6 Å². The van der Waals surface area contributed by atoms with Crippen LogP contribution in [0.25, 0.3) is 22.2 Å². The first-order chi connectivity index (χ1) is 18.0. The molecule has 3 atom stereocenters. The highest BCUT2D eigenvalue weighted by atomic mass is 16.2. The van der Waals surface area contributed by atoms with Gasteiger partial charge in [0.2, 0.25) is 5.91 Å². The molecule has 1 aliphatic heterocycles. The number of nitrogens with two attached hydrogens (primary N) is 1. The molecule has 2 amide bonds. The van der Waals surface area contributed by atoms with Crippen molar-refractivity contribution in [3.05, 3.63) is 85.3 Å². The SMILES string of the molecule is C=CC(=O)N1CCC2CC(n3cc(-c4ccc(C(=O)Nc5ccccc5)cc4)c4c(N)ncnc43)CC21. The summed E-state index contributed by atoms with van der Waals surface area (Å²) in [7, 11) is 0. The predicted octanol–water partition coefficient (Wildman–Crippen LogP) is 4.67. The Morgan fingerprint density at radius 1 is 1.05 bits per heavy atom. The number of para-hydroxylation sites is 1. The molecular formula is C29H28N6O2. The van der Waals surface area contributed by atoms with E-state index < -0.39 is 0 Å². The summed E-state index contributed by atoms with van der Waals surface area (Å²) in [5.41, 5.74) is 10.3. The number of benzene rings is 2. The van der Waals surface area contributed by atoms with E-state index in [9.17, 15) is 9.59 Å². The molecule has 1 saturated heterocycles. The number of rotatable bonds is 5. The summed E-state index contributed by atoms with van der Waals surface area (Å²) in [6, 6.07) is 17.3. The number of nitrogens with zero attached hydrogens (tertiary/aromatic N) is 4. The highest BCUT2D eigenvalue weighted by Gasteiger charge is 2.44. The molecule has 8 heteroatoms. The predicted molar refractivity (Wildman–Crippen MR) is 144 cm³/mol. The van der Waals surface area contributed by atoms with Crippen LogP contribution in [0.2, 0.25) is 0 Å². The first-order valence-corrected chi connectivity index (χ1v) is 12.5. The van der Waals surface area contributed by atoms with Gasteiger partial charge in [-0.1, -0.05) is 36.9 Å². The van der Waals surface area contributed by atoms with E-state index in [-0.39, 0.29) is 23.9 Å². The summed E-state index contributed by atoms with van der Waals surface area (Å²) >= 11 is 0. The second-order valence-electron chi connectivity index (χ2n) is 9.78. The summed E-state index contributed by atoms with van der Waals surface area (Å²) < 4.78 is 2.20. The van der Waals surface area contributed by atoms with E-state index in [4.69, 9.17) is 5.73 Å². The molecule has 1 aliphatic carbocycles. The van der Waals surface area contributed by atoms with E-state index in [1.54, 1.807) is 0 Å². The van der Waals surface area contributed by atoms with Crippen LogP contribution < -0.4 is 11.1 Å². The van der Waals surface area contributed by atoms with E-state index in [1.807, 2.05) is 59.5 Å². The lowest BCUT2D eigenvalue weighted by molar-refractivity contribution is -0.126. The average molecular weight is 493 g/mol. The maximum Gasteiger partial charge on any atom is 0.255 e. The van der Waals surface area contributed by atoms with Crippen molar-refractivity contribution in [3.63, 3.8) is 0 Å². The van der Waals surface area contributed by atoms with Gasteiger partial charge >= 0.3 is 0 Å². The van der Waals surface area contributed by atoms with Gasteiger partial charge in [-0.2, -0.15) is 0 Å². The summed E-state index contributed by atoms with van der Waals surface area (Å²) in [5.74, 6) is 0.732. The van der Waals surface area contributed by atoms with Gasteiger partial charge in [0.15, 0.2) is 0 Å². The Hall–Kier alpha value is -4.46. The maximum absolute atomic E-state index is 12.7. The maximum atomic E-state index is 12.7. The van der Waals surface area contributed by atoms with Crippen molar-refractivity contribution >= 4 is 34.4 Å². The first-order valence-electron chi connectivity index (χ1n) is 12.5. The number of amides is 2. The summed E-state index contributed by atoms with van der Waals surface area (Å²) in [4.78, 5) is 35.9. The van der Waals surface area contributed by atoms with Crippen LogP contribution in [-0.2, 0) is 4.79 Å². The van der Waals surface area contributed by atoms with E-state index in [0.29, 0.717) is 17.3 Å². The fourth-order valence-corrected chi connectivity index (χ4v) is 5.99. The number of hydrogen-bond donors (Lipinski definition) is 2.